The molecule has 1 aliphatic heterocycles. The van der Waals surface area contributed by atoms with Crippen molar-refractivity contribution in [1.29, 1.82) is 0 Å². The number of hydrogen-bond acceptors (Lipinski definition) is 5. The second-order valence-corrected chi connectivity index (χ2v) is 8.99. The Labute approximate surface area is 205 Å². The molecule has 0 radical (unpaired) electrons. The fourth-order valence-corrected chi connectivity index (χ4v) is 4.21. The van der Waals surface area contributed by atoms with Crippen LogP contribution in [0.3, 0.4) is 0 Å². The fraction of sp³-hybridized carbons (Fsp3) is 0.241. The maximum absolute atomic E-state index is 13.4. The van der Waals surface area contributed by atoms with Gasteiger partial charge >= 0.3 is 0 Å². The number of anilines is 1. The summed E-state index contributed by atoms with van der Waals surface area (Å²) in [4.78, 5) is 28.2. The molecule has 0 aromatic heterocycles. The minimum absolute atomic E-state index is 0.00187. The van der Waals surface area contributed by atoms with Crippen molar-refractivity contribution < 1.29 is 24.2 Å². The normalized spacial score (nSPS) is 17.2. The average Bonchev–Trinajstić information content (AvgIpc) is 3.12. The number of Topliss-reactive ketones (excluding diaryl/α,β-unsaturated/α-hetero) is 1. The van der Waals surface area contributed by atoms with Gasteiger partial charge in [-0.05, 0) is 60.4 Å². The molecule has 0 aliphatic carbocycles. The third-order valence-electron chi connectivity index (χ3n) is 5.84. The molecule has 0 bridgehead atoms. The molecule has 0 spiro atoms. The number of nitrogens with zero attached hydrogens (tertiary/aromatic N) is 1. The van der Waals surface area contributed by atoms with Crippen molar-refractivity contribution >= 4 is 23.1 Å². The first-order valence-electron chi connectivity index (χ1n) is 11.6. The van der Waals surface area contributed by atoms with Gasteiger partial charge in [0.2, 0.25) is 0 Å². The summed E-state index contributed by atoms with van der Waals surface area (Å²) in [6.45, 7) is 6.57. The number of carbonyl (C=O) groups excluding carboxylic acids is 2. The minimum Gasteiger partial charge on any atom is -0.507 e. The Balaban J connectivity index is 1.93. The summed E-state index contributed by atoms with van der Waals surface area (Å²) in [6.07, 6.45) is 0. The highest BCUT2D eigenvalue weighted by Crippen LogP contribution is 2.44. The van der Waals surface area contributed by atoms with Crippen molar-refractivity contribution in [2.75, 3.05) is 18.6 Å². The van der Waals surface area contributed by atoms with E-state index in [-0.39, 0.29) is 11.3 Å². The molecule has 1 N–H and O–H groups in total. The number of carbonyl (C=O) groups is 2. The number of aliphatic hydroxyl groups excluding tert-OH is 1. The molecule has 1 amide bonds. The van der Waals surface area contributed by atoms with Crippen LogP contribution >= 0.6 is 0 Å². The molecule has 1 heterocycles. The standard InChI is InChI=1S/C29H29NO5/c1-18(2)17-35-22-12-8-10-20(16-22)26-25(27(31)23-13-5-6-14-24(23)34-4)28(32)29(33)30(26)21-11-7-9-19(3)15-21/h5-16,18,26,31H,17H2,1-4H3/b27-25+. The largest absolute Gasteiger partial charge is 0.507 e. The van der Waals surface area contributed by atoms with Gasteiger partial charge in [0.05, 0.1) is 30.9 Å². The third-order valence-corrected chi connectivity index (χ3v) is 5.84. The van der Waals surface area contributed by atoms with Gasteiger partial charge in [0.15, 0.2) is 0 Å². The van der Waals surface area contributed by atoms with Gasteiger partial charge in [0.1, 0.15) is 17.3 Å². The number of methoxy groups -OCH3 is 1. The molecule has 6 nitrogen and oxygen atoms in total. The van der Waals surface area contributed by atoms with E-state index >= 15 is 0 Å². The quantitative estimate of drug-likeness (QED) is 0.273. The maximum atomic E-state index is 13.4. The number of ketones is 1. The Bertz CT molecular complexity index is 1290. The summed E-state index contributed by atoms with van der Waals surface area (Å²) in [5.41, 5.74) is 2.52. The second kappa shape index (κ2) is 10.1. The van der Waals surface area contributed by atoms with Crippen LogP contribution < -0.4 is 14.4 Å². The monoisotopic (exact) mass is 471 g/mol. The van der Waals surface area contributed by atoms with E-state index in [1.165, 1.54) is 12.0 Å². The van der Waals surface area contributed by atoms with E-state index in [1.54, 1.807) is 30.3 Å². The first-order valence-corrected chi connectivity index (χ1v) is 11.6. The molecule has 1 atom stereocenters. The first kappa shape index (κ1) is 24.1. The van der Waals surface area contributed by atoms with Crippen molar-refractivity contribution in [1.82, 2.24) is 0 Å². The summed E-state index contributed by atoms with van der Waals surface area (Å²) in [5, 5.41) is 11.4. The third kappa shape index (κ3) is 4.78. The number of rotatable bonds is 7. The molecule has 1 saturated heterocycles. The predicted octanol–water partition coefficient (Wildman–Crippen LogP) is 5.66. The van der Waals surface area contributed by atoms with Gasteiger partial charge in [-0.15, -0.1) is 0 Å². The number of amides is 1. The summed E-state index contributed by atoms with van der Waals surface area (Å²) in [5.74, 6) is -0.376. The van der Waals surface area contributed by atoms with Crippen molar-refractivity contribution in [2.24, 2.45) is 5.92 Å². The molecular formula is C29H29NO5. The lowest BCUT2D eigenvalue weighted by Crippen LogP contribution is -2.29. The topological polar surface area (TPSA) is 76.1 Å². The number of benzene rings is 3. The van der Waals surface area contributed by atoms with Crippen LogP contribution in [0.4, 0.5) is 5.69 Å². The molecule has 0 saturated carbocycles. The van der Waals surface area contributed by atoms with E-state index < -0.39 is 17.7 Å². The highest BCUT2D eigenvalue weighted by molar-refractivity contribution is 6.51. The lowest BCUT2D eigenvalue weighted by atomic mass is 9.94. The molecule has 1 unspecified atom stereocenters. The zero-order valence-electron chi connectivity index (χ0n) is 20.3. The lowest BCUT2D eigenvalue weighted by Gasteiger charge is -2.26. The molecular weight excluding hydrogens is 442 g/mol. The van der Waals surface area contributed by atoms with Crippen LogP contribution in [0.15, 0.2) is 78.4 Å². The van der Waals surface area contributed by atoms with E-state index in [2.05, 4.69) is 13.8 Å². The zero-order valence-corrected chi connectivity index (χ0v) is 20.3. The Morgan fingerprint density at radius 2 is 1.74 bits per heavy atom. The smallest absolute Gasteiger partial charge is 0.300 e. The van der Waals surface area contributed by atoms with Crippen LogP contribution in [0.5, 0.6) is 11.5 Å². The molecule has 6 heteroatoms. The van der Waals surface area contributed by atoms with Gasteiger partial charge in [0.25, 0.3) is 11.7 Å². The number of aliphatic hydroxyl groups is 1. The SMILES string of the molecule is COc1ccccc1/C(O)=C1\C(=O)C(=O)N(c2cccc(C)c2)C1c1cccc(OCC(C)C)c1. The lowest BCUT2D eigenvalue weighted by molar-refractivity contribution is -0.132. The van der Waals surface area contributed by atoms with E-state index in [9.17, 15) is 14.7 Å². The van der Waals surface area contributed by atoms with Crippen LogP contribution in [0.25, 0.3) is 5.76 Å². The summed E-state index contributed by atoms with van der Waals surface area (Å²) >= 11 is 0. The highest BCUT2D eigenvalue weighted by atomic mass is 16.5. The van der Waals surface area contributed by atoms with Crippen molar-refractivity contribution in [3.63, 3.8) is 0 Å². The summed E-state index contributed by atoms with van der Waals surface area (Å²) in [7, 11) is 1.49. The molecule has 180 valence electrons. The van der Waals surface area contributed by atoms with Crippen LogP contribution in [-0.4, -0.2) is 30.5 Å². The Morgan fingerprint density at radius 1 is 1.00 bits per heavy atom. The highest BCUT2D eigenvalue weighted by Gasteiger charge is 2.47. The summed E-state index contributed by atoms with van der Waals surface area (Å²) in [6, 6.07) is 20.7. The van der Waals surface area contributed by atoms with E-state index in [1.807, 2.05) is 49.4 Å². The van der Waals surface area contributed by atoms with Crippen LogP contribution in [-0.2, 0) is 9.59 Å². The summed E-state index contributed by atoms with van der Waals surface area (Å²) < 4.78 is 11.3. The van der Waals surface area contributed by atoms with Gasteiger partial charge in [0, 0.05) is 5.69 Å². The minimum atomic E-state index is -0.843. The van der Waals surface area contributed by atoms with Gasteiger partial charge in [-0.25, -0.2) is 0 Å². The average molecular weight is 472 g/mol. The molecule has 1 fully saturated rings. The predicted molar refractivity (Wildman–Crippen MR) is 136 cm³/mol. The number of para-hydroxylation sites is 1. The van der Waals surface area contributed by atoms with Gasteiger partial charge in [-0.2, -0.15) is 0 Å². The van der Waals surface area contributed by atoms with Crippen LogP contribution in [0.2, 0.25) is 0 Å². The van der Waals surface area contributed by atoms with Gasteiger partial charge in [-0.1, -0.05) is 50.2 Å². The molecule has 35 heavy (non-hydrogen) atoms. The van der Waals surface area contributed by atoms with Crippen molar-refractivity contribution in [3.05, 3.63) is 95.1 Å². The second-order valence-electron chi connectivity index (χ2n) is 8.99. The molecule has 1 aliphatic rings. The Morgan fingerprint density at radius 3 is 2.46 bits per heavy atom. The van der Waals surface area contributed by atoms with Gasteiger partial charge in [-0.3, -0.25) is 14.5 Å². The van der Waals surface area contributed by atoms with Crippen molar-refractivity contribution in [2.45, 2.75) is 26.8 Å². The number of aryl methyl sites for hydroxylation is 1. The van der Waals surface area contributed by atoms with Crippen molar-refractivity contribution in [3.8, 4) is 11.5 Å². The number of hydrogen-bond donors (Lipinski definition) is 1. The fourth-order valence-electron chi connectivity index (χ4n) is 4.21. The number of ether oxygens (including phenoxy) is 2. The van der Waals surface area contributed by atoms with Gasteiger partial charge < -0.3 is 14.6 Å². The Hall–Kier alpha value is -4.06. The van der Waals surface area contributed by atoms with Crippen LogP contribution in [0.1, 0.15) is 36.6 Å². The van der Waals surface area contributed by atoms with E-state index in [0.717, 1.165) is 5.56 Å². The zero-order chi connectivity index (χ0) is 25.1. The molecule has 3 aromatic rings. The van der Waals surface area contributed by atoms with E-state index in [0.29, 0.717) is 40.8 Å². The first-order chi connectivity index (χ1) is 16.8. The molecule has 4 rings (SSSR count). The van der Waals surface area contributed by atoms with Crippen LogP contribution in [0, 0.1) is 12.8 Å². The maximum Gasteiger partial charge on any atom is 0.300 e. The van der Waals surface area contributed by atoms with E-state index in [4.69, 9.17) is 9.47 Å². The Kier molecular flexibility index (Phi) is 6.92. The molecule has 3 aromatic carbocycles.